The normalized spacial score (nSPS) is 23.5. The van der Waals surface area contributed by atoms with Crippen LogP contribution in [0.4, 0.5) is 17.1 Å². The number of nitrogens with one attached hydrogen (secondary N) is 3. The summed E-state index contributed by atoms with van der Waals surface area (Å²) in [5.74, 6) is -0.150. The number of pyridine rings is 1. The van der Waals surface area contributed by atoms with E-state index in [9.17, 15) is 28.4 Å². The number of morpholine rings is 1. The summed E-state index contributed by atoms with van der Waals surface area (Å²) in [5.41, 5.74) is 2.99. The highest BCUT2D eigenvalue weighted by Gasteiger charge is 2.50. The van der Waals surface area contributed by atoms with E-state index in [1.807, 2.05) is 6.07 Å². The van der Waals surface area contributed by atoms with Crippen LogP contribution in [0.15, 0.2) is 77.8 Å². The number of sulfonamides is 1. The standard InChI is InChI=1S/C53H65N7O11S/c1-33(2)39-7-5-6-8-40(39)44-32-68-22-21-59(44)37-29-53(30-37)16-19-58(20-17-53)36-9-10-41(45(26-36)71-47-25-35-13-18-54-49(35)56-51(47)69-24-23-67-4)50(61)57-72(65,66)38-27-43(60(63)64)48-46(28-38)70-31-42(55-48)34-11-14-52(3,62)15-12-34/h5-10,13,18,25-28,33-34,37,42,44,55,62H,11-12,14-17,19-24,29-32H2,1-4H3,(H,54,56)(H,57,61)/t34?,42-,44+,52?/m1/s1. The second kappa shape index (κ2) is 20.1. The van der Waals surface area contributed by atoms with Gasteiger partial charge < -0.3 is 44.0 Å². The first-order valence-electron chi connectivity index (χ1n) is 25.2. The maximum absolute atomic E-state index is 14.4. The quantitative estimate of drug-likeness (QED) is 0.0439. The van der Waals surface area contributed by atoms with Crippen LogP contribution in [0.3, 0.4) is 0 Å². The second-order valence-corrected chi connectivity index (χ2v) is 22.6. The van der Waals surface area contributed by atoms with E-state index in [4.69, 9.17) is 23.7 Å². The number of nitrogens with zero attached hydrogens (tertiary/aromatic N) is 4. The first-order valence-corrected chi connectivity index (χ1v) is 26.7. The number of ether oxygens (including phenoxy) is 5. The van der Waals surface area contributed by atoms with Gasteiger partial charge in [-0.1, -0.05) is 38.1 Å². The van der Waals surface area contributed by atoms with Crippen LogP contribution in [0.5, 0.6) is 23.1 Å². The number of anilines is 2. The molecule has 3 aliphatic heterocycles. The number of rotatable bonds is 15. The molecule has 5 heterocycles. The van der Waals surface area contributed by atoms with E-state index in [1.165, 1.54) is 23.3 Å². The number of aliphatic hydroxyl groups is 1. The van der Waals surface area contributed by atoms with E-state index >= 15 is 0 Å². The molecule has 2 aliphatic carbocycles. The number of methoxy groups -OCH3 is 1. The van der Waals surface area contributed by atoms with Crippen molar-refractivity contribution in [3.8, 4) is 23.1 Å². The van der Waals surface area contributed by atoms with Crippen LogP contribution < -0.4 is 29.1 Å². The van der Waals surface area contributed by atoms with Gasteiger partial charge in [0.05, 0.1) is 52.9 Å². The van der Waals surface area contributed by atoms with Gasteiger partial charge in [-0.25, -0.2) is 13.1 Å². The Morgan fingerprint density at radius 2 is 1.78 bits per heavy atom. The van der Waals surface area contributed by atoms with Crippen LogP contribution >= 0.6 is 0 Å². The lowest BCUT2D eigenvalue weighted by atomic mass is 9.59. The molecule has 1 amide bonds. The van der Waals surface area contributed by atoms with E-state index < -0.39 is 37.0 Å². The zero-order chi connectivity index (χ0) is 50.4. The van der Waals surface area contributed by atoms with Crippen LogP contribution in [0, 0.1) is 21.4 Å². The third-order valence-electron chi connectivity index (χ3n) is 15.8. The minimum Gasteiger partial charge on any atom is -0.489 e. The number of nitro groups is 1. The van der Waals surface area contributed by atoms with Gasteiger partial charge in [-0.3, -0.25) is 19.8 Å². The molecule has 0 radical (unpaired) electrons. The number of carbonyl (C=O) groups excluding carboxylic acids is 1. The molecule has 18 nitrogen and oxygen atoms in total. The topological polar surface area (TPSA) is 220 Å². The number of aromatic nitrogens is 2. The van der Waals surface area contributed by atoms with Crippen molar-refractivity contribution in [1.29, 1.82) is 0 Å². The molecular formula is C53H65N7O11S. The lowest BCUT2D eigenvalue weighted by molar-refractivity contribution is -0.384. The maximum atomic E-state index is 14.4. The predicted molar refractivity (Wildman–Crippen MR) is 271 cm³/mol. The Bertz CT molecular complexity index is 2920. The Hall–Kier alpha value is -5.99. The lowest BCUT2D eigenvalue weighted by Gasteiger charge is -2.57. The van der Waals surface area contributed by atoms with E-state index in [0.29, 0.717) is 55.3 Å². The Kier molecular flexibility index (Phi) is 13.9. The average molecular weight is 1010 g/mol. The van der Waals surface area contributed by atoms with Gasteiger partial charge in [0.15, 0.2) is 17.2 Å². The number of piperidine rings is 1. The zero-order valence-electron chi connectivity index (χ0n) is 41.4. The van der Waals surface area contributed by atoms with Gasteiger partial charge in [0.1, 0.15) is 24.6 Å². The van der Waals surface area contributed by atoms with Crippen LogP contribution in [-0.4, -0.2) is 117 Å². The largest absolute Gasteiger partial charge is 0.489 e. The molecule has 19 heteroatoms. The fraction of sp³-hybridized carbons (Fsp3) is 0.509. The van der Waals surface area contributed by atoms with E-state index in [-0.39, 0.29) is 77.6 Å². The summed E-state index contributed by atoms with van der Waals surface area (Å²) in [6.45, 7) is 10.7. The van der Waals surface area contributed by atoms with Crippen molar-refractivity contribution in [2.24, 2.45) is 11.3 Å². The molecule has 3 aromatic carbocycles. The summed E-state index contributed by atoms with van der Waals surface area (Å²) in [6.07, 6.45) is 8.52. The van der Waals surface area contributed by atoms with Gasteiger partial charge in [-0.15, -0.1) is 0 Å². The van der Waals surface area contributed by atoms with E-state index in [0.717, 1.165) is 63.7 Å². The molecule has 2 saturated carbocycles. The Balaban J connectivity index is 0.890. The number of aromatic amines is 1. The summed E-state index contributed by atoms with van der Waals surface area (Å²) in [4.78, 5) is 38.3. The molecule has 384 valence electrons. The molecular weight excluding hydrogens is 943 g/mol. The van der Waals surface area contributed by atoms with Crippen LogP contribution in [0.1, 0.15) is 106 Å². The monoisotopic (exact) mass is 1010 g/mol. The minimum atomic E-state index is -4.73. The van der Waals surface area contributed by atoms with Crippen molar-refractivity contribution < 1.29 is 46.9 Å². The first-order chi connectivity index (χ1) is 34.6. The van der Waals surface area contributed by atoms with Crippen molar-refractivity contribution in [2.45, 2.75) is 107 Å². The third kappa shape index (κ3) is 10.2. The van der Waals surface area contributed by atoms with Crippen molar-refractivity contribution in [2.75, 3.05) is 70.0 Å². The molecule has 10 rings (SSSR count). The molecule has 2 saturated heterocycles. The number of benzene rings is 3. The highest BCUT2D eigenvalue weighted by Crippen LogP contribution is 2.53. The van der Waals surface area contributed by atoms with Crippen molar-refractivity contribution in [3.63, 3.8) is 0 Å². The van der Waals surface area contributed by atoms with E-state index in [2.05, 4.69) is 67.9 Å². The molecule has 1 spiro atoms. The van der Waals surface area contributed by atoms with Crippen LogP contribution in [0.25, 0.3) is 11.0 Å². The van der Waals surface area contributed by atoms with E-state index in [1.54, 1.807) is 38.4 Å². The molecule has 0 unspecified atom stereocenters. The van der Waals surface area contributed by atoms with Gasteiger partial charge in [0, 0.05) is 68.3 Å². The molecule has 2 atom stereocenters. The highest BCUT2D eigenvalue weighted by molar-refractivity contribution is 7.90. The van der Waals surface area contributed by atoms with Gasteiger partial charge >= 0.3 is 0 Å². The van der Waals surface area contributed by atoms with Gasteiger partial charge in [-0.2, -0.15) is 4.98 Å². The zero-order valence-corrected chi connectivity index (χ0v) is 42.2. The number of amides is 1. The number of hydrogen-bond acceptors (Lipinski definition) is 15. The summed E-state index contributed by atoms with van der Waals surface area (Å²) < 4.78 is 60.3. The van der Waals surface area contributed by atoms with Gasteiger partial charge in [-0.05, 0) is 111 Å². The number of nitro benzene ring substituents is 1. The molecule has 0 bridgehead atoms. The van der Waals surface area contributed by atoms with Crippen molar-refractivity contribution in [1.82, 2.24) is 19.6 Å². The Morgan fingerprint density at radius 3 is 2.53 bits per heavy atom. The molecule has 72 heavy (non-hydrogen) atoms. The smallest absolute Gasteiger partial charge is 0.297 e. The summed E-state index contributed by atoms with van der Waals surface area (Å²) in [7, 11) is -3.17. The number of fused-ring (bicyclic) bond motifs is 2. The minimum absolute atomic E-state index is 0.0171. The molecule has 5 aliphatic rings. The fourth-order valence-corrected chi connectivity index (χ4v) is 12.6. The van der Waals surface area contributed by atoms with Crippen LogP contribution in [0.2, 0.25) is 0 Å². The SMILES string of the molecule is COCCOc1nc2[nH]ccc2cc1Oc1cc(N2CCC3(CC2)CC(N2CCOC[C@H]2c2ccccc2C(C)C)C3)ccc1C(=O)NS(=O)(=O)c1cc2c(c([N+](=O)[O-])c1)N[C@@H](C1CCC(C)(O)CC1)CO2. The first kappa shape index (κ1) is 49.6. The Labute approximate surface area is 419 Å². The number of H-pyrrole nitrogens is 1. The molecule has 5 aromatic rings. The Morgan fingerprint density at radius 1 is 1.00 bits per heavy atom. The third-order valence-corrected chi connectivity index (χ3v) is 17.1. The average Bonchev–Trinajstić information content (AvgIpc) is 3.82. The number of carbonyl (C=O) groups is 1. The lowest BCUT2D eigenvalue weighted by Crippen LogP contribution is -2.58. The summed E-state index contributed by atoms with van der Waals surface area (Å²) in [6, 6.07) is 19.9. The van der Waals surface area contributed by atoms with Crippen molar-refractivity contribution in [3.05, 3.63) is 99.7 Å². The second-order valence-electron chi connectivity index (χ2n) is 20.9. The van der Waals surface area contributed by atoms with Crippen LogP contribution in [-0.2, 0) is 19.5 Å². The summed E-state index contributed by atoms with van der Waals surface area (Å²) >= 11 is 0. The fourth-order valence-electron chi connectivity index (χ4n) is 11.6. The van der Waals surface area contributed by atoms with Gasteiger partial charge in [0.25, 0.3) is 27.5 Å². The maximum Gasteiger partial charge on any atom is 0.297 e. The predicted octanol–water partition coefficient (Wildman–Crippen LogP) is 8.47. The van der Waals surface area contributed by atoms with Gasteiger partial charge in [0.2, 0.25) is 0 Å². The molecule has 4 fully saturated rings. The molecule has 4 N–H and O–H groups in total. The molecule has 2 aromatic heterocycles. The highest BCUT2D eigenvalue weighted by atomic mass is 32.2. The number of hydrogen-bond donors (Lipinski definition) is 4. The van der Waals surface area contributed by atoms with Crippen molar-refractivity contribution >= 4 is 44.0 Å². The summed E-state index contributed by atoms with van der Waals surface area (Å²) in [5, 5.41) is 26.9.